The highest BCUT2D eigenvalue weighted by molar-refractivity contribution is 5.95. The van der Waals surface area contributed by atoms with Gasteiger partial charge in [-0.3, -0.25) is 14.4 Å². The Kier molecular flexibility index (Phi) is 10.3. The van der Waals surface area contributed by atoms with Crippen molar-refractivity contribution in [1.29, 1.82) is 0 Å². The molecule has 0 aliphatic heterocycles. The second-order valence-corrected chi connectivity index (χ2v) is 11.6. The number of fused-ring (bicyclic) bond motifs is 2. The first kappa shape index (κ1) is 32.9. The molecular weight excluding hydrogens is 600 g/mol. The molecule has 47 heavy (non-hydrogen) atoms. The topological polar surface area (TPSA) is 202 Å². The molecule has 0 spiro atoms. The molecule has 5 rings (SSSR count). The van der Waals surface area contributed by atoms with Gasteiger partial charge in [-0.15, -0.1) is 0 Å². The fourth-order valence-corrected chi connectivity index (χ4v) is 5.61. The second kappa shape index (κ2) is 14.8. The van der Waals surface area contributed by atoms with Crippen LogP contribution in [0.3, 0.4) is 0 Å². The van der Waals surface area contributed by atoms with Crippen LogP contribution in [0.4, 0.5) is 0 Å². The van der Waals surface area contributed by atoms with Gasteiger partial charge in [0.25, 0.3) is 0 Å². The van der Waals surface area contributed by atoms with E-state index in [0.717, 1.165) is 32.9 Å². The van der Waals surface area contributed by atoms with Crippen molar-refractivity contribution in [3.05, 3.63) is 108 Å². The van der Waals surface area contributed by atoms with Crippen LogP contribution in [0.15, 0.2) is 91.3 Å². The number of aromatic amines is 2. The number of nitrogens with two attached hydrogens (primary N) is 1. The SMILES string of the molecule is CC(O)C(NC(=O)C(Cc1c[nH]c2ccccc12)NC(=O)C(N)Cc1c[nH]c2ccccc12)C(=O)NC(Cc1ccccc1)C(=O)O. The normalized spacial score (nSPS) is 14.5. The molecule has 0 aliphatic carbocycles. The van der Waals surface area contributed by atoms with Crippen LogP contribution in [-0.2, 0) is 38.4 Å². The van der Waals surface area contributed by atoms with Crippen molar-refractivity contribution < 1.29 is 29.4 Å². The smallest absolute Gasteiger partial charge is 0.326 e. The van der Waals surface area contributed by atoms with E-state index in [9.17, 15) is 29.4 Å². The number of carbonyl (C=O) groups excluding carboxylic acids is 3. The molecule has 0 bridgehead atoms. The highest BCUT2D eigenvalue weighted by Crippen LogP contribution is 2.21. The average molecular weight is 639 g/mol. The maximum absolute atomic E-state index is 13.8. The zero-order valence-electron chi connectivity index (χ0n) is 25.8. The summed E-state index contributed by atoms with van der Waals surface area (Å²) in [6, 6.07) is 18.9. The molecule has 5 atom stereocenters. The Bertz CT molecular complexity index is 1870. The molecule has 3 amide bonds. The zero-order valence-corrected chi connectivity index (χ0v) is 25.8. The molecule has 0 radical (unpaired) electrons. The lowest BCUT2D eigenvalue weighted by Gasteiger charge is -2.26. The van der Waals surface area contributed by atoms with Crippen molar-refractivity contribution in [1.82, 2.24) is 25.9 Å². The van der Waals surface area contributed by atoms with Gasteiger partial charge in [-0.05, 0) is 42.2 Å². The summed E-state index contributed by atoms with van der Waals surface area (Å²) in [4.78, 5) is 58.8. The predicted molar refractivity (Wildman–Crippen MR) is 177 cm³/mol. The summed E-state index contributed by atoms with van der Waals surface area (Å²) in [5.74, 6) is -3.49. The molecule has 5 unspecified atom stereocenters. The van der Waals surface area contributed by atoms with Crippen molar-refractivity contribution in [2.45, 2.75) is 56.5 Å². The Labute approximate surface area is 270 Å². The molecular formula is C35H38N6O6. The monoisotopic (exact) mass is 638 g/mol. The van der Waals surface area contributed by atoms with E-state index >= 15 is 0 Å². The van der Waals surface area contributed by atoms with Crippen LogP contribution in [0.2, 0.25) is 0 Å². The quantitative estimate of drug-likeness (QED) is 0.0907. The van der Waals surface area contributed by atoms with E-state index in [1.165, 1.54) is 6.92 Å². The van der Waals surface area contributed by atoms with Crippen LogP contribution >= 0.6 is 0 Å². The Morgan fingerprint density at radius 2 is 1.21 bits per heavy atom. The molecule has 5 aromatic rings. The first-order valence-corrected chi connectivity index (χ1v) is 15.3. The van der Waals surface area contributed by atoms with E-state index in [1.54, 1.807) is 42.7 Å². The summed E-state index contributed by atoms with van der Waals surface area (Å²) in [6.07, 6.45) is 2.38. The van der Waals surface area contributed by atoms with Gasteiger partial charge < -0.3 is 41.9 Å². The number of carboxylic acids is 1. The predicted octanol–water partition coefficient (Wildman–Crippen LogP) is 1.92. The minimum absolute atomic E-state index is 0.00401. The summed E-state index contributed by atoms with van der Waals surface area (Å²) in [5, 5.41) is 29.8. The molecule has 0 saturated heterocycles. The number of amides is 3. The first-order chi connectivity index (χ1) is 22.6. The van der Waals surface area contributed by atoms with Crippen molar-refractivity contribution in [3.63, 3.8) is 0 Å². The molecule has 2 aromatic heterocycles. The summed E-state index contributed by atoms with van der Waals surface area (Å²) < 4.78 is 0. The molecule has 2 heterocycles. The standard InChI is InChI=1S/C35H38N6O6/c1-20(42)31(34(45)40-30(35(46)47)15-21-9-3-2-4-10-21)41-33(44)29(17-23-19-38-28-14-8-6-12-25(23)28)39-32(43)26(36)16-22-18-37-27-13-7-5-11-24(22)27/h2-14,18-20,26,29-31,37-38,42H,15-17,36H2,1H3,(H,39,43)(H,40,45)(H,41,44)(H,46,47). The van der Waals surface area contributed by atoms with Gasteiger partial charge in [0.15, 0.2) is 0 Å². The molecule has 12 heteroatoms. The Morgan fingerprint density at radius 3 is 1.79 bits per heavy atom. The number of aliphatic hydroxyl groups excluding tert-OH is 1. The third kappa shape index (κ3) is 8.04. The second-order valence-electron chi connectivity index (χ2n) is 11.6. The maximum atomic E-state index is 13.8. The van der Waals surface area contributed by atoms with Crippen LogP contribution in [0.5, 0.6) is 0 Å². The largest absolute Gasteiger partial charge is 0.480 e. The van der Waals surface area contributed by atoms with E-state index in [-0.39, 0.29) is 19.3 Å². The Hall–Kier alpha value is -5.46. The van der Waals surface area contributed by atoms with Gasteiger partial charge in [0.1, 0.15) is 18.1 Å². The van der Waals surface area contributed by atoms with Gasteiger partial charge in [0.2, 0.25) is 17.7 Å². The molecule has 0 saturated carbocycles. The van der Waals surface area contributed by atoms with E-state index in [0.29, 0.717) is 5.56 Å². The number of hydrogen-bond acceptors (Lipinski definition) is 6. The van der Waals surface area contributed by atoms with E-state index in [4.69, 9.17) is 5.73 Å². The highest BCUT2D eigenvalue weighted by atomic mass is 16.4. The minimum Gasteiger partial charge on any atom is -0.480 e. The van der Waals surface area contributed by atoms with Crippen LogP contribution in [0.25, 0.3) is 21.8 Å². The summed E-state index contributed by atoms with van der Waals surface area (Å²) in [7, 11) is 0. The van der Waals surface area contributed by atoms with Crippen LogP contribution in [-0.4, -0.2) is 74.1 Å². The highest BCUT2D eigenvalue weighted by Gasteiger charge is 2.33. The average Bonchev–Trinajstić information content (AvgIpc) is 3.67. The van der Waals surface area contributed by atoms with Crippen LogP contribution in [0, 0.1) is 0 Å². The number of para-hydroxylation sites is 2. The molecule has 3 aromatic carbocycles. The van der Waals surface area contributed by atoms with Gasteiger partial charge >= 0.3 is 5.97 Å². The number of nitrogens with one attached hydrogen (secondary N) is 5. The van der Waals surface area contributed by atoms with Crippen LogP contribution in [0.1, 0.15) is 23.6 Å². The Balaban J connectivity index is 1.34. The third-order valence-corrected chi connectivity index (χ3v) is 8.14. The fourth-order valence-electron chi connectivity index (χ4n) is 5.61. The van der Waals surface area contributed by atoms with E-state index in [2.05, 4.69) is 25.9 Å². The number of benzene rings is 3. The fraction of sp³-hybridized carbons (Fsp3) is 0.257. The number of carbonyl (C=O) groups is 4. The number of H-pyrrole nitrogens is 2. The van der Waals surface area contributed by atoms with Crippen LogP contribution < -0.4 is 21.7 Å². The molecule has 244 valence electrons. The van der Waals surface area contributed by atoms with Gasteiger partial charge in [-0.25, -0.2) is 4.79 Å². The molecule has 9 N–H and O–H groups in total. The van der Waals surface area contributed by atoms with Gasteiger partial charge in [-0.2, -0.15) is 0 Å². The van der Waals surface area contributed by atoms with Crippen molar-refractivity contribution >= 4 is 45.5 Å². The number of hydrogen-bond donors (Lipinski definition) is 8. The summed E-state index contributed by atoms with van der Waals surface area (Å²) in [6.45, 7) is 1.31. The lowest BCUT2D eigenvalue weighted by Crippen LogP contribution is -2.60. The molecule has 0 fully saturated rings. The number of rotatable bonds is 14. The lowest BCUT2D eigenvalue weighted by molar-refractivity contribution is -0.143. The lowest BCUT2D eigenvalue weighted by atomic mass is 10.0. The number of aromatic nitrogens is 2. The number of aliphatic carboxylic acids is 1. The molecule has 0 aliphatic rings. The van der Waals surface area contributed by atoms with Gasteiger partial charge in [0.05, 0.1) is 12.1 Å². The number of carboxylic acid groups (broad SMARTS) is 1. The van der Waals surface area contributed by atoms with E-state index in [1.807, 2.05) is 48.5 Å². The van der Waals surface area contributed by atoms with Crippen molar-refractivity contribution in [3.8, 4) is 0 Å². The Morgan fingerprint density at radius 1 is 0.681 bits per heavy atom. The first-order valence-electron chi connectivity index (χ1n) is 15.3. The van der Waals surface area contributed by atoms with Gasteiger partial charge in [0, 0.05) is 47.0 Å². The minimum atomic E-state index is -1.51. The zero-order chi connectivity index (χ0) is 33.5. The summed E-state index contributed by atoms with van der Waals surface area (Å²) in [5.41, 5.74) is 10.3. The van der Waals surface area contributed by atoms with Crippen molar-refractivity contribution in [2.24, 2.45) is 5.73 Å². The van der Waals surface area contributed by atoms with Gasteiger partial charge in [-0.1, -0.05) is 66.7 Å². The number of aliphatic hydroxyl groups is 1. The maximum Gasteiger partial charge on any atom is 0.326 e. The van der Waals surface area contributed by atoms with E-state index < -0.39 is 54.0 Å². The summed E-state index contributed by atoms with van der Waals surface area (Å²) >= 11 is 0. The molecule has 12 nitrogen and oxygen atoms in total. The third-order valence-electron chi connectivity index (χ3n) is 8.14. The van der Waals surface area contributed by atoms with Crippen molar-refractivity contribution in [2.75, 3.05) is 0 Å².